The molecule has 0 saturated carbocycles. The summed E-state index contributed by atoms with van der Waals surface area (Å²) in [7, 11) is 1.72. The molecule has 0 saturated heterocycles. The van der Waals surface area contributed by atoms with Crippen LogP contribution in [0.15, 0.2) is 42.0 Å². The van der Waals surface area contributed by atoms with Crippen LogP contribution in [-0.4, -0.2) is 12.9 Å². The number of ketones is 1. The van der Waals surface area contributed by atoms with Crippen molar-refractivity contribution < 1.29 is 9.53 Å². The van der Waals surface area contributed by atoms with Crippen molar-refractivity contribution in [3.63, 3.8) is 0 Å². The van der Waals surface area contributed by atoms with Gasteiger partial charge in [0.2, 0.25) is 0 Å². The molecule has 0 spiro atoms. The van der Waals surface area contributed by atoms with Gasteiger partial charge in [-0.3, -0.25) is 4.79 Å². The minimum absolute atomic E-state index is 0.00415. The SMILES string of the molecule is COc1ccc2c(c1)CC[C@H]1C3=CC(=O)C[C@@]3(C)C=C[C@@]21C. The molecular formula is C20H22O2. The summed E-state index contributed by atoms with van der Waals surface area (Å²) in [6.45, 7) is 4.53. The molecule has 1 aromatic rings. The van der Waals surface area contributed by atoms with E-state index in [2.05, 4.69) is 44.2 Å². The number of hydrogen-bond donors (Lipinski definition) is 0. The third-order valence-electron chi connectivity index (χ3n) is 6.01. The highest BCUT2D eigenvalue weighted by Gasteiger charge is 2.50. The second kappa shape index (κ2) is 4.34. The van der Waals surface area contributed by atoms with E-state index in [1.807, 2.05) is 6.08 Å². The Morgan fingerprint density at radius 3 is 2.82 bits per heavy atom. The molecule has 0 radical (unpaired) electrons. The number of benzene rings is 1. The van der Waals surface area contributed by atoms with Gasteiger partial charge in [-0.25, -0.2) is 0 Å². The Hall–Kier alpha value is -1.83. The van der Waals surface area contributed by atoms with E-state index in [1.165, 1.54) is 16.7 Å². The van der Waals surface area contributed by atoms with Crippen molar-refractivity contribution in [1.82, 2.24) is 0 Å². The lowest BCUT2D eigenvalue weighted by atomic mass is 9.55. The molecule has 4 rings (SSSR count). The second-order valence-electron chi connectivity index (χ2n) is 7.39. The van der Waals surface area contributed by atoms with Gasteiger partial charge in [0.25, 0.3) is 0 Å². The number of carbonyl (C=O) groups is 1. The summed E-state index contributed by atoms with van der Waals surface area (Å²) < 4.78 is 5.37. The van der Waals surface area contributed by atoms with E-state index in [9.17, 15) is 4.79 Å². The van der Waals surface area contributed by atoms with E-state index < -0.39 is 0 Å². The molecule has 0 aromatic heterocycles. The molecule has 1 aromatic carbocycles. The van der Waals surface area contributed by atoms with Crippen LogP contribution in [0.1, 0.15) is 37.8 Å². The number of methoxy groups -OCH3 is 1. The Balaban J connectivity index is 1.87. The molecule has 0 bridgehead atoms. The van der Waals surface area contributed by atoms with Crippen LogP contribution in [0.3, 0.4) is 0 Å². The van der Waals surface area contributed by atoms with Gasteiger partial charge in [0.1, 0.15) is 5.75 Å². The van der Waals surface area contributed by atoms with Crippen LogP contribution >= 0.6 is 0 Å². The van der Waals surface area contributed by atoms with Gasteiger partial charge in [-0.1, -0.05) is 37.6 Å². The van der Waals surface area contributed by atoms with Gasteiger partial charge >= 0.3 is 0 Å². The number of carbonyl (C=O) groups excluding carboxylic acids is 1. The summed E-state index contributed by atoms with van der Waals surface area (Å²) in [5, 5.41) is 0. The van der Waals surface area contributed by atoms with E-state index in [4.69, 9.17) is 4.74 Å². The first-order valence-electron chi connectivity index (χ1n) is 8.09. The predicted octanol–water partition coefficient (Wildman–Crippen LogP) is 3.99. The van der Waals surface area contributed by atoms with Gasteiger partial charge in [-0.05, 0) is 48.1 Å². The minimum Gasteiger partial charge on any atom is -0.497 e. The monoisotopic (exact) mass is 294 g/mol. The third kappa shape index (κ3) is 1.70. The molecular weight excluding hydrogens is 272 g/mol. The summed E-state index contributed by atoms with van der Waals surface area (Å²) in [5.74, 6) is 1.66. The maximum atomic E-state index is 12.0. The molecule has 0 aliphatic heterocycles. The van der Waals surface area contributed by atoms with Crippen LogP contribution < -0.4 is 4.74 Å². The number of allylic oxidation sites excluding steroid dienone is 4. The van der Waals surface area contributed by atoms with Crippen molar-refractivity contribution in [2.45, 2.75) is 38.5 Å². The zero-order chi connectivity index (χ0) is 15.5. The first kappa shape index (κ1) is 13.8. The van der Waals surface area contributed by atoms with E-state index in [1.54, 1.807) is 7.11 Å². The van der Waals surface area contributed by atoms with Gasteiger partial charge in [0, 0.05) is 17.3 Å². The second-order valence-corrected chi connectivity index (χ2v) is 7.39. The van der Waals surface area contributed by atoms with E-state index in [-0.39, 0.29) is 16.6 Å². The largest absolute Gasteiger partial charge is 0.497 e. The zero-order valence-corrected chi connectivity index (χ0v) is 13.5. The molecule has 0 amide bonds. The maximum absolute atomic E-state index is 12.0. The first-order chi connectivity index (χ1) is 10.5. The number of rotatable bonds is 1. The minimum atomic E-state index is -0.0504. The topological polar surface area (TPSA) is 26.3 Å². The van der Waals surface area contributed by atoms with Crippen LogP contribution in [-0.2, 0) is 16.6 Å². The lowest BCUT2D eigenvalue weighted by Gasteiger charge is -2.48. The molecule has 3 aliphatic rings. The molecule has 22 heavy (non-hydrogen) atoms. The molecule has 3 atom stereocenters. The predicted molar refractivity (Wildman–Crippen MR) is 87.1 cm³/mol. The maximum Gasteiger partial charge on any atom is 0.156 e. The summed E-state index contributed by atoms with van der Waals surface area (Å²) in [4.78, 5) is 12.0. The Labute approximate surface area is 131 Å². The van der Waals surface area contributed by atoms with E-state index in [0.717, 1.165) is 18.6 Å². The molecule has 0 fully saturated rings. The Morgan fingerprint density at radius 2 is 2.05 bits per heavy atom. The van der Waals surface area contributed by atoms with E-state index in [0.29, 0.717) is 12.3 Å². The normalized spacial score (nSPS) is 35.5. The van der Waals surface area contributed by atoms with Gasteiger partial charge in [0.15, 0.2) is 5.78 Å². The van der Waals surface area contributed by atoms with Gasteiger partial charge in [-0.2, -0.15) is 0 Å². The van der Waals surface area contributed by atoms with Crippen LogP contribution in [0.5, 0.6) is 5.75 Å². The third-order valence-corrected chi connectivity index (χ3v) is 6.01. The van der Waals surface area contributed by atoms with Crippen molar-refractivity contribution in [3.8, 4) is 5.75 Å². The number of fused-ring (bicyclic) bond motifs is 5. The number of ether oxygens (including phenoxy) is 1. The average molecular weight is 294 g/mol. The lowest BCUT2D eigenvalue weighted by molar-refractivity contribution is -0.114. The highest BCUT2D eigenvalue weighted by Crippen LogP contribution is 2.57. The van der Waals surface area contributed by atoms with Crippen molar-refractivity contribution >= 4 is 5.78 Å². The van der Waals surface area contributed by atoms with Crippen LogP contribution in [0.25, 0.3) is 0 Å². The summed E-state index contributed by atoms with van der Waals surface area (Å²) >= 11 is 0. The zero-order valence-electron chi connectivity index (χ0n) is 13.5. The molecule has 0 heterocycles. The highest BCUT2D eigenvalue weighted by atomic mass is 16.5. The fraction of sp³-hybridized carbons (Fsp3) is 0.450. The van der Waals surface area contributed by atoms with Crippen molar-refractivity contribution in [1.29, 1.82) is 0 Å². The van der Waals surface area contributed by atoms with Gasteiger partial charge in [0.05, 0.1) is 7.11 Å². The smallest absolute Gasteiger partial charge is 0.156 e. The Kier molecular flexibility index (Phi) is 2.73. The van der Waals surface area contributed by atoms with Crippen molar-refractivity contribution in [3.05, 3.63) is 53.1 Å². The lowest BCUT2D eigenvalue weighted by Crippen LogP contribution is -2.42. The van der Waals surface area contributed by atoms with Crippen molar-refractivity contribution in [2.24, 2.45) is 11.3 Å². The van der Waals surface area contributed by atoms with Crippen molar-refractivity contribution in [2.75, 3.05) is 7.11 Å². The number of aryl methyl sites for hydroxylation is 1. The molecule has 0 N–H and O–H groups in total. The quantitative estimate of drug-likeness (QED) is 0.732. The fourth-order valence-corrected chi connectivity index (χ4v) is 4.77. The molecule has 0 unspecified atom stereocenters. The summed E-state index contributed by atoms with van der Waals surface area (Å²) in [6.07, 6.45) is 9.37. The van der Waals surface area contributed by atoms with Crippen LogP contribution in [0.2, 0.25) is 0 Å². The van der Waals surface area contributed by atoms with Crippen LogP contribution in [0.4, 0.5) is 0 Å². The molecule has 2 nitrogen and oxygen atoms in total. The molecule has 3 aliphatic carbocycles. The summed E-state index contributed by atoms with van der Waals surface area (Å²) in [6, 6.07) is 6.44. The van der Waals surface area contributed by atoms with Gasteiger partial charge < -0.3 is 4.74 Å². The standard InChI is InChI=1S/C20H22O2/c1-19-8-9-20(2)16-7-5-15(22-3)10-13(16)4-6-17(20)18(19)11-14(21)12-19/h5,7-11,17H,4,6,12H2,1-3H3/t17-,19+,20-/m0/s1. The Morgan fingerprint density at radius 1 is 1.23 bits per heavy atom. The average Bonchev–Trinajstić information content (AvgIpc) is 2.81. The number of hydrogen-bond acceptors (Lipinski definition) is 2. The summed E-state index contributed by atoms with van der Waals surface area (Å²) in [5.41, 5.74) is 4.07. The highest BCUT2D eigenvalue weighted by molar-refractivity contribution is 5.95. The Bertz CT molecular complexity index is 727. The first-order valence-corrected chi connectivity index (χ1v) is 8.09. The van der Waals surface area contributed by atoms with E-state index >= 15 is 0 Å². The fourth-order valence-electron chi connectivity index (χ4n) is 4.77. The van der Waals surface area contributed by atoms with Gasteiger partial charge in [-0.15, -0.1) is 0 Å². The molecule has 114 valence electrons. The van der Waals surface area contributed by atoms with Crippen LogP contribution in [0, 0.1) is 11.3 Å². The molecule has 2 heteroatoms.